The number of hydrogen-bond acceptors (Lipinski definition) is 3. The maximum atomic E-state index is 10.5. The highest BCUT2D eigenvalue weighted by Gasteiger charge is 2.27. The smallest absolute Gasteiger partial charge is 0.123 e. The summed E-state index contributed by atoms with van der Waals surface area (Å²) in [7, 11) is 0. The van der Waals surface area contributed by atoms with Gasteiger partial charge in [0.05, 0.1) is 12.2 Å². The van der Waals surface area contributed by atoms with Gasteiger partial charge in [-0.25, -0.2) is 0 Å². The standard InChI is InChI=1S/C24H38N2O2/c1-9-23(5,6)19-11-12-22(21(14-19)24(7,8)10-2)28-16-20(27)15-26-18(4)13-17(3)25-26/h11-14,20,27H,9-10,15-16H2,1-8H3. The SMILES string of the molecule is CCC(C)(C)c1ccc(OCC(O)Cn2nc(C)cc2C)c(C(C)(C)CC)c1. The predicted molar refractivity (Wildman–Crippen MR) is 116 cm³/mol. The summed E-state index contributed by atoms with van der Waals surface area (Å²) in [6, 6.07) is 8.57. The fourth-order valence-electron chi connectivity index (χ4n) is 3.30. The minimum absolute atomic E-state index is 0.00972. The monoisotopic (exact) mass is 386 g/mol. The Balaban J connectivity index is 2.20. The quantitative estimate of drug-likeness (QED) is 0.635. The summed E-state index contributed by atoms with van der Waals surface area (Å²) < 4.78 is 7.96. The van der Waals surface area contributed by atoms with E-state index in [2.05, 4.69) is 64.8 Å². The Morgan fingerprint density at radius 3 is 2.21 bits per heavy atom. The Morgan fingerprint density at radius 2 is 1.68 bits per heavy atom. The second-order valence-electron chi connectivity index (χ2n) is 9.26. The van der Waals surface area contributed by atoms with Crippen LogP contribution in [0.5, 0.6) is 5.75 Å². The van der Waals surface area contributed by atoms with Crippen molar-refractivity contribution in [3.8, 4) is 5.75 Å². The summed E-state index contributed by atoms with van der Waals surface area (Å²) in [4.78, 5) is 0. The number of ether oxygens (including phenoxy) is 1. The first-order valence-electron chi connectivity index (χ1n) is 10.5. The minimum Gasteiger partial charge on any atom is -0.491 e. The van der Waals surface area contributed by atoms with Gasteiger partial charge in [0.2, 0.25) is 0 Å². The number of aliphatic hydroxyl groups excluding tert-OH is 1. The lowest BCUT2D eigenvalue weighted by Gasteiger charge is -2.30. The molecular formula is C24H38N2O2. The van der Waals surface area contributed by atoms with Crippen LogP contribution in [0.1, 0.15) is 76.9 Å². The Hall–Kier alpha value is -1.81. The topological polar surface area (TPSA) is 47.3 Å². The minimum atomic E-state index is -0.609. The number of aliphatic hydroxyl groups is 1. The van der Waals surface area contributed by atoms with E-state index in [1.165, 1.54) is 11.1 Å². The molecule has 1 aromatic heterocycles. The Bertz CT molecular complexity index is 790. The molecule has 1 heterocycles. The molecule has 0 fully saturated rings. The molecule has 0 aliphatic heterocycles. The van der Waals surface area contributed by atoms with Crippen molar-refractivity contribution < 1.29 is 9.84 Å². The van der Waals surface area contributed by atoms with Crippen molar-refractivity contribution in [3.05, 3.63) is 46.8 Å². The van der Waals surface area contributed by atoms with Gasteiger partial charge in [0.1, 0.15) is 18.5 Å². The molecule has 0 saturated heterocycles. The van der Waals surface area contributed by atoms with Gasteiger partial charge in [-0.1, -0.05) is 53.7 Å². The fraction of sp³-hybridized carbons (Fsp3) is 0.625. The Morgan fingerprint density at radius 1 is 1.04 bits per heavy atom. The number of aromatic nitrogens is 2. The van der Waals surface area contributed by atoms with Crippen LogP contribution in [-0.4, -0.2) is 27.6 Å². The third-order valence-electron chi connectivity index (χ3n) is 6.18. The first-order valence-corrected chi connectivity index (χ1v) is 10.5. The molecule has 2 rings (SSSR count). The van der Waals surface area contributed by atoms with Crippen LogP contribution >= 0.6 is 0 Å². The predicted octanol–water partition coefficient (Wildman–Crippen LogP) is 5.32. The van der Waals surface area contributed by atoms with Crippen molar-refractivity contribution in [2.75, 3.05) is 6.61 Å². The molecule has 1 aromatic carbocycles. The molecule has 0 amide bonds. The molecule has 4 heteroatoms. The summed E-state index contributed by atoms with van der Waals surface area (Å²) in [5, 5.41) is 14.9. The van der Waals surface area contributed by atoms with E-state index in [0.29, 0.717) is 6.54 Å². The van der Waals surface area contributed by atoms with Crippen LogP contribution in [0.15, 0.2) is 24.3 Å². The highest BCUT2D eigenvalue weighted by atomic mass is 16.5. The van der Waals surface area contributed by atoms with Crippen molar-refractivity contribution >= 4 is 0 Å². The van der Waals surface area contributed by atoms with Crippen LogP contribution in [0.25, 0.3) is 0 Å². The first-order chi connectivity index (χ1) is 13.0. The Labute approximate surface area is 170 Å². The molecule has 0 spiro atoms. The average Bonchev–Trinajstić information content (AvgIpc) is 2.96. The zero-order chi connectivity index (χ0) is 21.1. The normalized spacial score (nSPS) is 13.6. The van der Waals surface area contributed by atoms with E-state index in [0.717, 1.165) is 30.0 Å². The van der Waals surface area contributed by atoms with E-state index in [9.17, 15) is 5.11 Å². The van der Waals surface area contributed by atoms with Gasteiger partial charge in [-0.15, -0.1) is 0 Å². The van der Waals surface area contributed by atoms with Crippen LogP contribution in [0, 0.1) is 13.8 Å². The van der Waals surface area contributed by atoms with E-state index in [4.69, 9.17) is 4.74 Å². The van der Waals surface area contributed by atoms with Gasteiger partial charge < -0.3 is 9.84 Å². The summed E-state index contributed by atoms with van der Waals surface area (Å²) in [5.74, 6) is 0.870. The van der Waals surface area contributed by atoms with Gasteiger partial charge in [-0.2, -0.15) is 5.10 Å². The molecule has 0 bridgehead atoms. The lowest BCUT2D eigenvalue weighted by atomic mass is 9.76. The third kappa shape index (κ3) is 5.16. The van der Waals surface area contributed by atoms with E-state index < -0.39 is 6.10 Å². The zero-order valence-corrected chi connectivity index (χ0v) is 19.0. The summed E-state index contributed by atoms with van der Waals surface area (Å²) in [6.45, 7) is 18.2. The van der Waals surface area contributed by atoms with Gasteiger partial charge >= 0.3 is 0 Å². The van der Waals surface area contributed by atoms with Crippen molar-refractivity contribution in [2.45, 2.75) is 91.7 Å². The molecule has 0 radical (unpaired) electrons. The van der Waals surface area contributed by atoms with Crippen molar-refractivity contribution in [2.24, 2.45) is 0 Å². The van der Waals surface area contributed by atoms with E-state index in [1.807, 2.05) is 24.6 Å². The zero-order valence-electron chi connectivity index (χ0n) is 19.0. The molecule has 28 heavy (non-hydrogen) atoms. The summed E-state index contributed by atoms with van der Waals surface area (Å²) >= 11 is 0. The van der Waals surface area contributed by atoms with Crippen LogP contribution in [0.3, 0.4) is 0 Å². The van der Waals surface area contributed by atoms with E-state index in [-0.39, 0.29) is 17.4 Å². The highest BCUT2D eigenvalue weighted by molar-refractivity contribution is 5.44. The molecular weight excluding hydrogens is 348 g/mol. The van der Waals surface area contributed by atoms with Crippen molar-refractivity contribution in [1.29, 1.82) is 0 Å². The number of hydrogen-bond donors (Lipinski definition) is 1. The molecule has 0 aliphatic rings. The highest BCUT2D eigenvalue weighted by Crippen LogP contribution is 2.38. The Kier molecular flexibility index (Phi) is 6.97. The van der Waals surface area contributed by atoms with Crippen LogP contribution < -0.4 is 4.74 Å². The van der Waals surface area contributed by atoms with Gasteiger partial charge in [0.25, 0.3) is 0 Å². The van der Waals surface area contributed by atoms with Gasteiger partial charge in [-0.05, 0) is 55.2 Å². The van der Waals surface area contributed by atoms with Gasteiger partial charge in [0.15, 0.2) is 0 Å². The summed E-state index contributed by atoms with van der Waals surface area (Å²) in [5.41, 5.74) is 4.71. The van der Waals surface area contributed by atoms with Crippen LogP contribution in [-0.2, 0) is 17.4 Å². The van der Waals surface area contributed by atoms with Crippen LogP contribution in [0.4, 0.5) is 0 Å². The maximum Gasteiger partial charge on any atom is 0.123 e. The van der Waals surface area contributed by atoms with E-state index in [1.54, 1.807) is 0 Å². The molecule has 156 valence electrons. The molecule has 1 atom stereocenters. The molecule has 1 unspecified atom stereocenters. The average molecular weight is 387 g/mol. The summed E-state index contributed by atoms with van der Waals surface area (Å²) in [6.07, 6.45) is 1.50. The fourth-order valence-corrected chi connectivity index (χ4v) is 3.30. The van der Waals surface area contributed by atoms with Crippen molar-refractivity contribution in [3.63, 3.8) is 0 Å². The second kappa shape index (κ2) is 8.69. The largest absolute Gasteiger partial charge is 0.491 e. The molecule has 4 nitrogen and oxygen atoms in total. The maximum absolute atomic E-state index is 10.5. The lowest BCUT2D eigenvalue weighted by molar-refractivity contribution is 0.0876. The molecule has 2 aromatic rings. The molecule has 0 saturated carbocycles. The lowest BCUT2D eigenvalue weighted by Crippen LogP contribution is -2.26. The van der Waals surface area contributed by atoms with E-state index >= 15 is 0 Å². The first kappa shape index (κ1) is 22.5. The number of nitrogens with zero attached hydrogens (tertiary/aromatic N) is 2. The van der Waals surface area contributed by atoms with Crippen LogP contribution in [0.2, 0.25) is 0 Å². The molecule has 0 aliphatic carbocycles. The number of aryl methyl sites for hydroxylation is 2. The number of rotatable bonds is 9. The molecule has 1 N–H and O–H groups in total. The van der Waals surface area contributed by atoms with Gasteiger partial charge in [-0.3, -0.25) is 4.68 Å². The van der Waals surface area contributed by atoms with Gasteiger partial charge in [0, 0.05) is 11.3 Å². The number of benzene rings is 1. The second-order valence-corrected chi connectivity index (χ2v) is 9.26. The third-order valence-corrected chi connectivity index (χ3v) is 6.18. The van der Waals surface area contributed by atoms with Crippen molar-refractivity contribution in [1.82, 2.24) is 9.78 Å².